The van der Waals surface area contributed by atoms with Gasteiger partial charge in [0.15, 0.2) is 17.3 Å². The quantitative estimate of drug-likeness (QED) is 0.538. The molecule has 0 spiro atoms. The lowest BCUT2D eigenvalue weighted by Crippen LogP contribution is -2.23. The van der Waals surface area contributed by atoms with Crippen molar-refractivity contribution in [3.05, 3.63) is 83.9 Å². The maximum absolute atomic E-state index is 13.4. The predicted molar refractivity (Wildman–Crippen MR) is 107 cm³/mol. The number of rotatable bonds is 5. The Kier molecular flexibility index (Phi) is 4.88. The van der Waals surface area contributed by atoms with Gasteiger partial charge in [0.25, 0.3) is 5.91 Å². The van der Waals surface area contributed by atoms with Crippen LogP contribution >= 0.6 is 0 Å². The second kappa shape index (κ2) is 7.50. The monoisotopic (exact) mass is 394 g/mol. The zero-order valence-corrected chi connectivity index (χ0v) is 16.1. The number of carbonyl (C=O) groups is 1. The molecule has 0 aliphatic carbocycles. The first-order valence-corrected chi connectivity index (χ1v) is 9.31. The molecule has 0 bridgehead atoms. The van der Waals surface area contributed by atoms with Crippen molar-refractivity contribution in [2.75, 3.05) is 0 Å². The zero-order chi connectivity index (χ0) is 20.5. The molecule has 5 nitrogen and oxygen atoms in total. The maximum atomic E-state index is 13.4. The normalized spacial score (nSPS) is 11.3. The number of hydrogen-bond donors (Lipinski definition) is 1. The molecule has 4 rings (SSSR count). The molecule has 1 N–H and O–H groups in total. The van der Waals surface area contributed by atoms with E-state index in [9.17, 15) is 13.6 Å². The topological polar surface area (TPSA) is 51.3 Å². The van der Waals surface area contributed by atoms with Gasteiger partial charge in [-0.15, -0.1) is 0 Å². The fourth-order valence-electron chi connectivity index (χ4n) is 3.19. The third-order valence-corrected chi connectivity index (χ3v) is 4.77. The van der Waals surface area contributed by atoms with Crippen LogP contribution in [0.1, 0.15) is 35.9 Å². The molecule has 29 heavy (non-hydrogen) atoms. The number of benzene rings is 1. The molecule has 0 saturated heterocycles. The number of nitrogens with zero attached hydrogens (tertiary/aromatic N) is 3. The van der Waals surface area contributed by atoms with E-state index >= 15 is 0 Å². The standard InChI is InChI=1S/C22H20F2N4O/c1-14(2)27-10-8-16(13-27)21-26-20(19-5-3-4-9-28(19)21)22(29)25-12-15-6-7-17(23)18(24)11-15/h3-11,13-14H,12H2,1-2H3,(H,25,29). The lowest BCUT2D eigenvalue weighted by atomic mass is 10.2. The smallest absolute Gasteiger partial charge is 0.272 e. The van der Waals surface area contributed by atoms with Gasteiger partial charge in [0.1, 0.15) is 5.82 Å². The third-order valence-electron chi connectivity index (χ3n) is 4.77. The van der Waals surface area contributed by atoms with Crippen molar-refractivity contribution in [1.29, 1.82) is 0 Å². The van der Waals surface area contributed by atoms with E-state index in [4.69, 9.17) is 0 Å². The number of fused-ring (bicyclic) bond motifs is 1. The Morgan fingerprint density at radius 2 is 1.93 bits per heavy atom. The molecule has 1 amide bonds. The van der Waals surface area contributed by atoms with Crippen LogP contribution in [0.3, 0.4) is 0 Å². The van der Waals surface area contributed by atoms with Crippen molar-refractivity contribution in [1.82, 2.24) is 19.3 Å². The molecule has 4 aromatic rings. The average Bonchev–Trinajstić information content (AvgIpc) is 3.33. The van der Waals surface area contributed by atoms with Crippen molar-refractivity contribution in [3.8, 4) is 11.4 Å². The molecule has 1 aromatic carbocycles. The van der Waals surface area contributed by atoms with Crippen LogP contribution in [0.5, 0.6) is 0 Å². The minimum absolute atomic E-state index is 0.0704. The molecule has 3 heterocycles. The number of hydrogen-bond acceptors (Lipinski definition) is 2. The summed E-state index contributed by atoms with van der Waals surface area (Å²) < 4.78 is 30.4. The molecular formula is C22H20F2N4O. The lowest BCUT2D eigenvalue weighted by molar-refractivity contribution is 0.0948. The second-order valence-corrected chi connectivity index (χ2v) is 7.11. The van der Waals surface area contributed by atoms with Gasteiger partial charge in [-0.05, 0) is 49.7 Å². The number of nitrogens with one attached hydrogen (secondary N) is 1. The summed E-state index contributed by atoms with van der Waals surface area (Å²) in [7, 11) is 0. The summed E-state index contributed by atoms with van der Waals surface area (Å²) >= 11 is 0. The van der Waals surface area contributed by atoms with E-state index < -0.39 is 11.6 Å². The van der Waals surface area contributed by atoms with Gasteiger partial charge in [-0.3, -0.25) is 9.20 Å². The van der Waals surface area contributed by atoms with E-state index in [1.807, 2.05) is 47.3 Å². The average molecular weight is 394 g/mol. The minimum atomic E-state index is -0.943. The van der Waals surface area contributed by atoms with Gasteiger partial charge in [0.05, 0.1) is 5.52 Å². The predicted octanol–water partition coefficient (Wildman–Crippen LogP) is 4.59. The van der Waals surface area contributed by atoms with Crippen LogP contribution in [0.25, 0.3) is 16.9 Å². The van der Waals surface area contributed by atoms with Crippen LogP contribution in [-0.4, -0.2) is 19.9 Å². The highest BCUT2D eigenvalue weighted by Crippen LogP contribution is 2.24. The fraction of sp³-hybridized carbons (Fsp3) is 0.182. The molecule has 0 unspecified atom stereocenters. The van der Waals surface area contributed by atoms with Crippen molar-refractivity contribution in [2.45, 2.75) is 26.4 Å². The van der Waals surface area contributed by atoms with E-state index in [2.05, 4.69) is 28.7 Å². The zero-order valence-electron chi connectivity index (χ0n) is 16.1. The number of halogens is 2. The van der Waals surface area contributed by atoms with Crippen molar-refractivity contribution in [3.63, 3.8) is 0 Å². The van der Waals surface area contributed by atoms with Crippen LogP contribution in [-0.2, 0) is 6.54 Å². The molecule has 148 valence electrons. The van der Waals surface area contributed by atoms with Gasteiger partial charge in [-0.25, -0.2) is 13.8 Å². The highest BCUT2D eigenvalue weighted by Gasteiger charge is 2.19. The second-order valence-electron chi connectivity index (χ2n) is 7.11. The fourth-order valence-corrected chi connectivity index (χ4v) is 3.19. The summed E-state index contributed by atoms with van der Waals surface area (Å²) in [5, 5.41) is 2.73. The largest absolute Gasteiger partial charge is 0.351 e. The van der Waals surface area contributed by atoms with Crippen molar-refractivity contribution < 1.29 is 13.6 Å². The number of carbonyl (C=O) groups excluding carboxylic acids is 1. The van der Waals surface area contributed by atoms with Gasteiger partial charge in [0, 0.05) is 36.7 Å². The van der Waals surface area contributed by atoms with Gasteiger partial charge in [-0.1, -0.05) is 12.1 Å². The summed E-state index contributed by atoms with van der Waals surface area (Å²) in [6, 6.07) is 11.4. The Balaban J connectivity index is 1.64. The third kappa shape index (κ3) is 3.63. The highest BCUT2D eigenvalue weighted by atomic mass is 19.2. The summed E-state index contributed by atoms with van der Waals surface area (Å²) in [4.78, 5) is 17.4. The van der Waals surface area contributed by atoms with E-state index in [0.29, 0.717) is 22.9 Å². The van der Waals surface area contributed by atoms with Gasteiger partial charge < -0.3 is 9.88 Å². The van der Waals surface area contributed by atoms with E-state index in [1.54, 1.807) is 0 Å². The van der Waals surface area contributed by atoms with E-state index in [1.165, 1.54) is 6.07 Å². The molecule has 3 aromatic heterocycles. The Morgan fingerprint density at radius 3 is 2.66 bits per heavy atom. The van der Waals surface area contributed by atoms with Crippen molar-refractivity contribution >= 4 is 11.4 Å². The molecular weight excluding hydrogens is 374 g/mol. The van der Waals surface area contributed by atoms with Gasteiger partial charge in [-0.2, -0.15) is 0 Å². The maximum Gasteiger partial charge on any atom is 0.272 e. The van der Waals surface area contributed by atoms with Crippen LogP contribution in [0.2, 0.25) is 0 Å². The summed E-state index contributed by atoms with van der Waals surface area (Å²) in [6.45, 7) is 4.25. The summed E-state index contributed by atoms with van der Waals surface area (Å²) in [5.41, 5.74) is 2.32. The number of aromatic nitrogens is 3. The van der Waals surface area contributed by atoms with Crippen LogP contribution in [0.4, 0.5) is 8.78 Å². The number of imidazole rings is 1. The van der Waals surface area contributed by atoms with Gasteiger partial charge in [0.2, 0.25) is 0 Å². The van der Waals surface area contributed by atoms with Crippen molar-refractivity contribution in [2.24, 2.45) is 0 Å². The molecule has 0 fully saturated rings. The molecule has 0 aliphatic rings. The highest BCUT2D eigenvalue weighted by molar-refractivity contribution is 6.00. The molecule has 0 saturated carbocycles. The van der Waals surface area contributed by atoms with Crippen LogP contribution in [0.15, 0.2) is 61.1 Å². The molecule has 7 heteroatoms. The Morgan fingerprint density at radius 1 is 1.10 bits per heavy atom. The molecule has 0 aliphatic heterocycles. The Hall–Kier alpha value is -3.48. The molecule has 0 radical (unpaired) electrons. The minimum Gasteiger partial charge on any atom is -0.351 e. The first-order chi connectivity index (χ1) is 13.9. The van der Waals surface area contributed by atoms with Gasteiger partial charge >= 0.3 is 0 Å². The SMILES string of the molecule is CC(C)n1ccc(-c2nc(C(=O)NCc3ccc(F)c(F)c3)c3ccccn23)c1. The van der Waals surface area contributed by atoms with E-state index in [-0.39, 0.29) is 18.1 Å². The van der Waals surface area contributed by atoms with Crippen LogP contribution < -0.4 is 5.32 Å². The Bertz CT molecular complexity index is 1190. The molecule has 0 atom stereocenters. The van der Waals surface area contributed by atoms with E-state index in [0.717, 1.165) is 17.7 Å². The van der Waals surface area contributed by atoms with Crippen LogP contribution in [0, 0.1) is 11.6 Å². The first-order valence-electron chi connectivity index (χ1n) is 9.31. The lowest BCUT2D eigenvalue weighted by Gasteiger charge is -2.05. The number of amides is 1. The summed E-state index contributed by atoms with van der Waals surface area (Å²) in [6.07, 6.45) is 5.83. The first kappa shape index (κ1) is 18.9. The summed E-state index contributed by atoms with van der Waals surface area (Å²) in [5.74, 6) is -1.58. The Labute approximate surface area is 166 Å². The number of pyridine rings is 1.